The van der Waals surface area contributed by atoms with E-state index in [4.69, 9.17) is 5.73 Å². The second kappa shape index (κ2) is 8.06. The molecule has 1 fully saturated rings. The summed E-state index contributed by atoms with van der Waals surface area (Å²) in [7, 11) is 0. The highest BCUT2D eigenvalue weighted by molar-refractivity contribution is 4.75. The minimum absolute atomic E-state index is 0.639. The normalized spacial score (nSPS) is 21.0. The van der Waals surface area contributed by atoms with Gasteiger partial charge in [0, 0.05) is 39.3 Å². The largest absolute Gasteiger partial charge is 0.330 e. The Kier molecular flexibility index (Phi) is 7.09. The monoisotopic (exact) mass is 241 g/mol. The zero-order valence-electron chi connectivity index (χ0n) is 12.0. The van der Waals surface area contributed by atoms with Gasteiger partial charge < -0.3 is 15.5 Å². The van der Waals surface area contributed by atoms with E-state index in [1.807, 2.05) is 0 Å². The van der Waals surface area contributed by atoms with E-state index in [-0.39, 0.29) is 0 Å². The van der Waals surface area contributed by atoms with E-state index in [9.17, 15) is 0 Å². The van der Waals surface area contributed by atoms with Gasteiger partial charge in [-0.25, -0.2) is 0 Å². The molecule has 0 aromatic carbocycles. The molecule has 17 heavy (non-hydrogen) atoms. The number of hydrogen-bond acceptors (Lipinski definition) is 3. The van der Waals surface area contributed by atoms with Crippen LogP contribution in [-0.2, 0) is 0 Å². The van der Waals surface area contributed by atoms with Gasteiger partial charge in [-0.3, -0.25) is 0 Å². The maximum atomic E-state index is 5.68. The van der Waals surface area contributed by atoms with Crippen LogP contribution in [0.2, 0.25) is 0 Å². The molecule has 1 aliphatic rings. The van der Waals surface area contributed by atoms with Gasteiger partial charge in [-0.2, -0.15) is 0 Å². The van der Waals surface area contributed by atoms with Crippen LogP contribution in [0.25, 0.3) is 0 Å². The average molecular weight is 241 g/mol. The molecule has 1 atom stereocenters. The van der Waals surface area contributed by atoms with Crippen molar-refractivity contribution in [1.82, 2.24) is 9.80 Å². The average Bonchev–Trinajstić information content (AvgIpc) is 2.37. The maximum Gasteiger partial charge on any atom is 0.0110 e. The third-order valence-corrected chi connectivity index (χ3v) is 4.11. The molecule has 0 saturated carbocycles. The number of nitrogens with two attached hydrogens (primary N) is 1. The van der Waals surface area contributed by atoms with E-state index < -0.39 is 0 Å². The van der Waals surface area contributed by atoms with Crippen LogP contribution in [0.4, 0.5) is 0 Å². The molecule has 0 amide bonds. The summed E-state index contributed by atoms with van der Waals surface area (Å²) < 4.78 is 0. The van der Waals surface area contributed by atoms with Gasteiger partial charge in [0.05, 0.1) is 0 Å². The molecular formula is C14H31N3. The van der Waals surface area contributed by atoms with Crippen LogP contribution in [-0.4, -0.2) is 55.6 Å². The smallest absolute Gasteiger partial charge is 0.0110 e. The van der Waals surface area contributed by atoms with Crippen LogP contribution in [0.15, 0.2) is 0 Å². The summed E-state index contributed by atoms with van der Waals surface area (Å²) in [5.74, 6) is 1.53. The third kappa shape index (κ3) is 5.36. The van der Waals surface area contributed by atoms with Gasteiger partial charge in [-0.1, -0.05) is 33.6 Å². The Labute approximate surface area is 107 Å². The lowest BCUT2D eigenvalue weighted by atomic mass is 10.0. The molecule has 3 nitrogen and oxygen atoms in total. The molecule has 0 aromatic rings. The summed E-state index contributed by atoms with van der Waals surface area (Å²) >= 11 is 0. The molecule has 0 aliphatic carbocycles. The van der Waals surface area contributed by atoms with Gasteiger partial charge in [0.1, 0.15) is 0 Å². The Balaban J connectivity index is 2.21. The number of piperazine rings is 1. The van der Waals surface area contributed by atoms with E-state index in [2.05, 4.69) is 30.6 Å². The van der Waals surface area contributed by atoms with E-state index in [1.54, 1.807) is 0 Å². The first-order valence-electron chi connectivity index (χ1n) is 7.34. The molecule has 102 valence electrons. The van der Waals surface area contributed by atoms with Crippen LogP contribution >= 0.6 is 0 Å². The number of rotatable bonds is 7. The third-order valence-electron chi connectivity index (χ3n) is 4.11. The summed E-state index contributed by atoms with van der Waals surface area (Å²) in [6.45, 7) is 15.1. The zero-order valence-corrected chi connectivity index (χ0v) is 12.0. The predicted molar refractivity (Wildman–Crippen MR) is 75.2 cm³/mol. The van der Waals surface area contributed by atoms with Gasteiger partial charge in [-0.05, 0) is 18.4 Å². The zero-order chi connectivity index (χ0) is 12.7. The second-order valence-electron chi connectivity index (χ2n) is 5.62. The molecule has 1 rings (SSSR count). The van der Waals surface area contributed by atoms with Crippen LogP contribution in [0.1, 0.15) is 33.6 Å². The highest BCUT2D eigenvalue weighted by Gasteiger charge is 2.19. The lowest BCUT2D eigenvalue weighted by Crippen LogP contribution is -2.49. The van der Waals surface area contributed by atoms with Crippen molar-refractivity contribution in [3.05, 3.63) is 0 Å². The SMILES string of the molecule is CCC(CC)CN1CCN(CC(C)CN)CC1. The summed E-state index contributed by atoms with van der Waals surface area (Å²) in [5.41, 5.74) is 5.68. The van der Waals surface area contributed by atoms with Gasteiger partial charge in [0.15, 0.2) is 0 Å². The van der Waals surface area contributed by atoms with Gasteiger partial charge in [-0.15, -0.1) is 0 Å². The van der Waals surface area contributed by atoms with Crippen molar-refractivity contribution in [3.8, 4) is 0 Å². The van der Waals surface area contributed by atoms with Crippen molar-refractivity contribution in [2.45, 2.75) is 33.6 Å². The molecule has 2 N–H and O–H groups in total. The van der Waals surface area contributed by atoms with Crippen molar-refractivity contribution in [3.63, 3.8) is 0 Å². The van der Waals surface area contributed by atoms with E-state index in [1.165, 1.54) is 52.1 Å². The van der Waals surface area contributed by atoms with Crippen LogP contribution < -0.4 is 5.73 Å². The quantitative estimate of drug-likeness (QED) is 0.735. The molecular weight excluding hydrogens is 210 g/mol. The van der Waals surface area contributed by atoms with Crippen molar-refractivity contribution in [2.75, 3.05) is 45.8 Å². The van der Waals surface area contributed by atoms with E-state index in [0.29, 0.717) is 5.92 Å². The van der Waals surface area contributed by atoms with Crippen molar-refractivity contribution in [2.24, 2.45) is 17.6 Å². The van der Waals surface area contributed by atoms with E-state index in [0.717, 1.165) is 12.5 Å². The molecule has 1 unspecified atom stereocenters. The molecule has 1 heterocycles. The molecule has 1 aliphatic heterocycles. The maximum absolute atomic E-state index is 5.68. The fraction of sp³-hybridized carbons (Fsp3) is 1.00. The molecule has 3 heteroatoms. The Morgan fingerprint density at radius 3 is 1.82 bits per heavy atom. The van der Waals surface area contributed by atoms with Gasteiger partial charge in [0.25, 0.3) is 0 Å². The molecule has 0 aromatic heterocycles. The van der Waals surface area contributed by atoms with Crippen LogP contribution in [0, 0.1) is 11.8 Å². The van der Waals surface area contributed by atoms with E-state index >= 15 is 0 Å². The van der Waals surface area contributed by atoms with Crippen molar-refractivity contribution in [1.29, 1.82) is 0 Å². The number of nitrogens with zero attached hydrogens (tertiary/aromatic N) is 2. The van der Waals surface area contributed by atoms with Crippen molar-refractivity contribution < 1.29 is 0 Å². The predicted octanol–water partition coefficient (Wildman–Crippen LogP) is 1.64. The summed E-state index contributed by atoms with van der Waals surface area (Å²) in [4.78, 5) is 5.21. The Bertz CT molecular complexity index is 184. The fourth-order valence-electron chi connectivity index (χ4n) is 2.58. The summed E-state index contributed by atoms with van der Waals surface area (Å²) in [6, 6.07) is 0. The summed E-state index contributed by atoms with van der Waals surface area (Å²) in [5, 5.41) is 0. The highest BCUT2D eigenvalue weighted by Crippen LogP contribution is 2.12. The minimum atomic E-state index is 0.639. The van der Waals surface area contributed by atoms with Gasteiger partial charge >= 0.3 is 0 Å². The highest BCUT2D eigenvalue weighted by atomic mass is 15.3. The lowest BCUT2D eigenvalue weighted by Gasteiger charge is -2.37. The first-order valence-corrected chi connectivity index (χ1v) is 7.34. The topological polar surface area (TPSA) is 32.5 Å². The molecule has 0 radical (unpaired) electrons. The first kappa shape index (κ1) is 14.9. The fourth-order valence-corrected chi connectivity index (χ4v) is 2.58. The molecule has 1 saturated heterocycles. The van der Waals surface area contributed by atoms with Crippen LogP contribution in [0.5, 0.6) is 0 Å². The number of hydrogen-bond donors (Lipinski definition) is 1. The first-order chi connectivity index (χ1) is 8.19. The summed E-state index contributed by atoms with van der Waals surface area (Å²) in [6.07, 6.45) is 2.64. The van der Waals surface area contributed by atoms with Gasteiger partial charge in [0.2, 0.25) is 0 Å². The molecule has 0 spiro atoms. The second-order valence-corrected chi connectivity index (χ2v) is 5.62. The standard InChI is InChI=1S/C14H31N3/c1-4-14(5-2)12-17-8-6-16(7-9-17)11-13(3)10-15/h13-14H,4-12,15H2,1-3H3. The Morgan fingerprint density at radius 1 is 0.941 bits per heavy atom. The lowest BCUT2D eigenvalue weighted by molar-refractivity contribution is 0.106. The minimum Gasteiger partial charge on any atom is -0.330 e. The van der Waals surface area contributed by atoms with Crippen LogP contribution in [0.3, 0.4) is 0 Å². The molecule has 0 bridgehead atoms. The van der Waals surface area contributed by atoms with Crippen molar-refractivity contribution >= 4 is 0 Å². The Hall–Kier alpha value is -0.120. The Morgan fingerprint density at radius 2 is 1.41 bits per heavy atom.